The predicted octanol–water partition coefficient (Wildman–Crippen LogP) is 4.12. The van der Waals surface area contributed by atoms with Crippen molar-refractivity contribution >= 4 is 39.3 Å². The lowest BCUT2D eigenvalue weighted by molar-refractivity contribution is -0.122. The van der Waals surface area contributed by atoms with E-state index in [-0.39, 0.29) is 5.91 Å². The van der Waals surface area contributed by atoms with Crippen LogP contribution in [0.1, 0.15) is 18.4 Å². The maximum atomic E-state index is 12.2. The molecule has 1 unspecified atom stereocenters. The molecule has 0 aliphatic heterocycles. The monoisotopic (exact) mass is 304 g/mol. The zero-order valence-corrected chi connectivity index (χ0v) is 12.2. The van der Waals surface area contributed by atoms with Crippen LogP contribution in [-0.2, 0) is 4.79 Å². The molecule has 0 saturated carbocycles. The van der Waals surface area contributed by atoms with Gasteiger partial charge in [0.15, 0.2) is 6.80 Å². The molecule has 0 fully saturated rings. The highest BCUT2D eigenvalue weighted by Gasteiger charge is 2.16. The van der Waals surface area contributed by atoms with Gasteiger partial charge in [-0.05, 0) is 36.8 Å². The van der Waals surface area contributed by atoms with Crippen LogP contribution in [-0.4, -0.2) is 17.7 Å². The van der Waals surface area contributed by atoms with Gasteiger partial charge >= 0.3 is 0 Å². The number of fused-ring (bicyclic) bond motifs is 3. The van der Waals surface area contributed by atoms with Crippen molar-refractivity contribution in [1.82, 2.24) is 10.3 Å². The zero-order valence-electron chi connectivity index (χ0n) is 11.4. The van der Waals surface area contributed by atoms with Crippen LogP contribution in [0.2, 0.25) is 5.02 Å². The van der Waals surface area contributed by atoms with Crippen LogP contribution in [0.3, 0.4) is 0 Å². The van der Waals surface area contributed by atoms with Crippen molar-refractivity contribution in [3.05, 3.63) is 47.0 Å². The largest absolute Gasteiger partial charge is 0.355 e. The molecule has 1 aromatic heterocycles. The minimum atomic E-state index is -0.851. The molecule has 0 saturated heterocycles. The van der Waals surface area contributed by atoms with Gasteiger partial charge < -0.3 is 10.3 Å². The van der Waals surface area contributed by atoms with E-state index in [2.05, 4.69) is 10.3 Å². The summed E-state index contributed by atoms with van der Waals surface area (Å²) in [6.45, 7) is 0.905. The van der Waals surface area contributed by atoms with Gasteiger partial charge in [-0.1, -0.05) is 23.7 Å². The molecule has 3 rings (SSSR count). The molecule has 3 aromatic rings. The number of nitrogens with one attached hydrogen (secondary N) is 2. The van der Waals surface area contributed by atoms with E-state index < -0.39 is 12.7 Å². The first kappa shape index (κ1) is 13.9. The Morgan fingerprint density at radius 2 is 2.05 bits per heavy atom. The van der Waals surface area contributed by atoms with Crippen LogP contribution in [0.4, 0.5) is 4.39 Å². The molecule has 3 nitrogen and oxygen atoms in total. The minimum absolute atomic E-state index is 0.323. The Labute approximate surface area is 126 Å². The first-order chi connectivity index (χ1) is 10.1. The first-order valence-corrected chi connectivity index (χ1v) is 7.02. The highest BCUT2D eigenvalue weighted by Crippen LogP contribution is 2.30. The molecule has 0 bridgehead atoms. The number of rotatable bonds is 3. The minimum Gasteiger partial charge on any atom is -0.355 e. The summed E-state index contributed by atoms with van der Waals surface area (Å²) in [6, 6.07) is 11.4. The van der Waals surface area contributed by atoms with E-state index in [4.69, 9.17) is 11.6 Å². The molecular formula is C16H14ClFN2O. The number of aromatic nitrogens is 1. The van der Waals surface area contributed by atoms with Crippen LogP contribution in [0, 0.1) is 0 Å². The maximum Gasteiger partial charge on any atom is 0.229 e. The topological polar surface area (TPSA) is 44.9 Å². The van der Waals surface area contributed by atoms with Crippen LogP contribution in [0.5, 0.6) is 0 Å². The second-order valence-electron chi connectivity index (χ2n) is 5.02. The Bertz CT molecular complexity index is 828. The summed E-state index contributed by atoms with van der Waals surface area (Å²) in [5, 5.41) is 4.97. The van der Waals surface area contributed by atoms with Crippen LogP contribution in [0.25, 0.3) is 21.8 Å². The van der Waals surface area contributed by atoms with Crippen LogP contribution < -0.4 is 5.32 Å². The third-order valence-corrected chi connectivity index (χ3v) is 3.95. The van der Waals surface area contributed by atoms with E-state index in [1.807, 2.05) is 36.4 Å². The van der Waals surface area contributed by atoms with Crippen molar-refractivity contribution in [2.45, 2.75) is 12.8 Å². The summed E-state index contributed by atoms with van der Waals surface area (Å²) in [5.41, 5.74) is 2.77. The molecule has 2 N–H and O–H groups in total. The number of aromatic amines is 1. The van der Waals surface area contributed by atoms with Gasteiger partial charge in [-0.15, -0.1) is 0 Å². The van der Waals surface area contributed by atoms with Gasteiger partial charge in [-0.3, -0.25) is 4.79 Å². The molecule has 21 heavy (non-hydrogen) atoms. The Balaban J connectivity index is 2.08. The SMILES string of the molecule is CC(C(=O)NCF)c1ccc2c(c1)[nH]c1ccc(Cl)cc12. The van der Waals surface area contributed by atoms with Gasteiger partial charge in [0.2, 0.25) is 5.91 Å². The van der Waals surface area contributed by atoms with Gasteiger partial charge in [-0.25, -0.2) is 4.39 Å². The smallest absolute Gasteiger partial charge is 0.229 e. The predicted molar refractivity (Wildman–Crippen MR) is 83.3 cm³/mol. The second kappa shape index (κ2) is 5.37. The normalized spacial score (nSPS) is 12.7. The van der Waals surface area contributed by atoms with E-state index in [1.54, 1.807) is 6.92 Å². The van der Waals surface area contributed by atoms with Crippen molar-refractivity contribution in [3.8, 4) is 0 Å². The highest BCUT2D eigenvalue weighted by atomic mass is 35.5. The van der Waals surface area contributed by atoms with Crippen LogP contribution >= 0.6 is 11.6 Å². The third kappa shape index (κ3) is 2.47. The number of benzene rings is 2. The number of halogens is 2. The number of hydrogen-bond donors (Lipinski definition) is 2. The van der Waals surface area contributed by atoms with Crippen LogP contribution in [0.15, 0.2) is 36.4 Å². The highest BCUT2D eigenvalue weighted by molar-refractivity contribution is 6.31. The fraction of sp³-hybridized carbons (Fsp3) is 0.188. The average Bonchev–Trinajstić information content (AvgIpc) is 2.83. The lowest BCUT2D eigenvalue weighted by atomic mass is 9.99. The third-order valence-electron chi connectivity index (χ3n) is 3.72. The Kier molecular flexibility index (Phi) is 3.55. The molecule has 0 radical (unpaired) electrons. The standard InChI is InChI=1S/C16H14ClFN2O/c1-9(16(21)19-8-18)10-2-4-12-13-7-11(17)3-5-14(13)20-15(12)6-10/h2-7,9,20H,8H2,1H3,(H,19,21). The first-order valence-electron chi connectivity index (χ1n) is 6.64. The second-order valence-corrected chi connectivity index (χ2v) is 5.45. The number of amides is 1. The molecule has 0 aliphatic carbocycles. The molecule has 0 spiro atoms. The maximum absolute atomic E-state index is 12.2. The lowest BCUT2D eigenvalue weighted by Gasteiger charge is -2.10. The summed E-state index contributed by atoms with van der Waals surface area (Å²) < 4.78 is 12.2. The average molecular weight is 305 g/mol. The van der Waals surface area contributed by atoms with Gasteiger partial charge in [0.1, 0.15) is 0 Å². The molecule has 1 atom stereocenters. The van der Waals surface area contributed by atoms with E-state index in [1.165, 1.54) is 0 Å². The summed E-state index contributed by atoms with van der Waals surface area (Å²) >= 11 is 6.03. The van der Waals surface area contributed by atoms with E-state index in [9.17, 15) is 9.18 Å². The summed E-state index contributed by atoms with van der Waals surface area (Å²) in [7, 11) is 0. The fourth-order valence-corrected chi connectivity index (χ4v) is 2.71. The van der Waals surface area contributed by atoms with Gasteiger partial charge in [0, 0.05) is 26.8 Å². The molecule has 108 valence electrons. The molecule has 1 amide bonds. The van der Waals surface area contributed by atoms with Crippen molar-refractivity contribution in [1.29, 1.82) is 0 Å². The number of H-pyrrole nitrogens is 1. The molecule has 2 aromatic carbocycles. The van der Waals surface area contributed by atoms with Crippen molar-refractivity contribution in [2.75, 3.05) is 6.80 Å². The van der Waals surface area contributed by atoms with E-state index in [0.29, 0.717) is 5.02 Å². The number of carbonyl (C=O) groups is 1. The summed E-state index contributed by atoms with van der Waals surface area (Å²) in [6.07, 6.45) is 0. The van der Waals surface area contributed by atoms with Gasteiger partial charge in [0.05, 0.1) is 5.92 Å². The molecule has 0 aliphatic rings. The number of carbonyl (C=O) groups excluding carboxylic acids is 1. The Hall–Kier alpha value is -2.07. The van der Waals surface area contributed by atoms with Crippen molar-refractivity contribution in [2.24, 2.45) is 0 Å². The van der Waals surface area contributed by atoms with Gasteiger partial charge in [-0.2, -0.15) is 0 Å². The van der Waals surface area contributed by atoms with Crippen molar-refractivity contribution < 1.29 is 9.18 Å². The Morgan fingerprint density at radius 1 is 1.24 bits per heavy atom. The van der Waals surface area contributed by atoms with Gasteiger partial charge in [0.25, 0.3) is 0 Å². The lowest BCUT2D eigenvalue weighted by Crippen LogP contribution is -2.27. The Morgan fingerprint density at radius 3 is 2.81 bits per heavy atom. The summed E-state index contributed by atoms with van der Waals surface area (Å²) in [4.78, 5) is 15.0. The quantitative estimate of drug-likeness (QED) is 0.702. The summed E-state index contributed by atoms with van der Waals surface area (Å²) in [5.74, 6) is -0.726. The zero-order chi connectivity index (χ0) is 15.0. The number of alkyl halides is 1. The fourth-order valence-electron chi connectivity index (χ4n) is 2.53. The van der Waals surface area contributed by atoms with E-state index in [0.717, 1.165) is 27.4 Å². The van der Waals surface area contributed by atoms with Crippen molar-refractivity contribution in [3.63, 3.8) is 0 Å². The molecule has 1 heterocycles. The molecular weight excluding hydrogens is 291 g/mol. The number of hydrogen-bond acceptors (Lipinski definition) is 1. The van der Waals surface area contributed by atoms with E-state index >= 15 is 0 Å². The molecule has 5 heteroatoms.